The van der Waals surface area contributed by atoms with E-state index in [1.54, 1.807) is 22.7 Å². The summed E-state index contributed by atoms with van der Waals surface area (Å²) in [5, 5.41) is 11.3. The Kier molecular flexibility index (Phi) is 4.69. The second kappa shape index (κ2) is 6.58. The van der Waals surface area contributed by atoms with E-state index in [2.05, 4.69) is 0 Å². The molecule has 2 amide bonds. The number of carbonyl (C=O) groups is 3. The number of amides is 2. The highest BCUT2D eigenvalue weighted by molar-refractivity contribution is 8.02. The number of carbonyl (C=O) groups excluding carboxylic acids is 2. The summed E-state index contributed by atoms with van der Waals surface area (Å²) in [6.45, 7) is 1.47. The van der Waals surface area contributed by atoms with Crippen molar-refractivity contribution in [1.29, 1.82) is 0 Å². The maximum absolute atomic E-state index is 11.8. The molecule has 3 rings (SSSR count). The lowest BCUT2D eigenvalue weighted by Crippen LogP contribution is -2.68. The molecule has 3 aliphatic rings. The first-order chi connectivity index (χ1) is 11.0. The molecule has 3 N–H and O–H groups in total. The van der Waals surface area contributed by atoms with Crippen LogP contribution in [0.2, 0.25) is 0 Å². The molecule has 0 unspecified atom stereocenters. The van der Waals surface area contributed by atoms with Gasteiger partial charge in [0.1, 0.15) is 17.1 Å². The van der Waals surface area contributed by atoms with Gasteiger partial charge in [0.25, 0.3) is 0 Å². The second-order valence-corrected chi connectivity index (χ2v) is 7.88. The van der Waals surface area contributed by atoms with Gasteiger partial charge in [-0.3, -0.25) is 14.5 Å². The van der Waals surface area contributed by atoms with Crippen molar-refractivity contribution in [2.45, 2.75) is 23.1 Å². The van der Waals surface area contributed by atoms with Crippen LogP contribution in [-0.2, 0) is 14.4 Å². The predicted octanol–water partition coefficient (Wildman–Crippen LogP) is 0.0451. The number of likely N-dealkylation sites (tertiary alicyclic amines) is 1. The Morgan fingerprint density at radius 3 is 2.91 bits per heavy atom. The third-order valence-electron chi connectivity index (χ3n) is 4.11. The van der Waals surface area contributed by atoms with Gasteiger partial charge in [-0.1, -0.05) is 0 Å². The first-order valence-corrected chi connectivity index (χ1v) is 9.20. The zero-order chi connectivity index (χ0) is 16.6. The predicted molar refractivity (Wildman–Crippen MR) is 88.5 cm³/mol. The van der Waals surface area contributed by atoms with Crippen molar-refractivity contribution in [3.63, 3.8) is 0 Å². The number of nitrogens with two attached hydrogens (primary N) is 1. The molecule has 0 bridgehead atoms. The number of carboxylic acids is 1. The highest BCUT2D eigenvalue weighted by atomic mass is 32.2. The summed E-state index contributed by atoms with van der Waals surface area (Å²) >= 11 is 3.07. The van der Waals surface area contributed by atoms with Gasteiger partial charge in [0, 0.05) is 24.1 Å². The number of carboxylic acid groups (broad SMARTS) is 1. The summed E-state index contributed by atoms with van der Waals surface area (Å²) in [6, 6.07) is -0.609. The number of β-lactam (4-membered cyclic amide) rings is 1. The second-order valence-electron chi connectivity index (χ2n) is 5.56. The SMILES string of the molecule is N[C@@H]1C(=O)N2C(C(=O)O)=C(/C=C/S[C@H]3CCN(C=O)C3)CS[C@H]12. The van der Waals surface area contributed by atoms with E-state index in [4.69, 9.17) is 5.73 Å². The average molecular weight is 355 g/mol. The number of nitrogens with zero attached hydrogens (tertiary/aromatic N) is 2. The first kappa shape index (κ1) is 16.4. The minimum atomic E-state index is -1.10. The van der Waals surface area contributed by atoms with Crippen LogP contribution in [0.1, 0.15) is 6.42 Å². The van der Waals surface area contributed by atoms with Gasteiger partial charge in [-0.15, -0.1) is 23.5 Å². The molecule has 2 fully saturated rings. The Morgan fingerprint density at radius 2 is 2.26 bits per heavy atom. The lowest BCUT2D eigenvalue weighted by Gasteiger charge is -2.47. The highest BCUT2D eigenvalue weighted by Gasteiger charge is 2.51. The standard InChI is InChI=1S/C14H17N3O4S2/c15-10-12(19)17-11(14(20)21)8(6-23-13(10)17)2-4-22-9-1-3-16(5-9)7-18/h2,4,7,9-10,13H,1,3,5-6,15H2,(H,20,21)/b4-2+/t9-,10+,13+/m0/s1. The van der Waals surface area contributed by atoms with E-state index in [0.29, 0.717) is 23.1 Å². The summed E-state index contributed by atoms with van der Waals surface area (Å²) in [4.78, 5) is 37.1. The van der Waals surface area contributed by atoms with Crippen LogP contribution in [0.4, 0.5) is 0 Å². The van der Waals surface area contributed by atoms with Crippen molar-refractivity contribution >= 4 is 41.8 Å². The third kappa shape index (κ3) is 3.00. The quantitative estimate of drug-likeness (QED) is 0.530. The van der Waals surface area contributed by atoms with E-state index in [1.807, 2.05) is 5.41 Å². The number of thioether (sulfide) groups is 2. The molecule has 23 heavy (non-hydrogen) atoms. The van der Waals surface area contributed by atoms with Crippen LogP contribution >= 0.6 is 23.5 Å². The molecule has 9 heteroatoms. The lowest BCUT2D eigenvalue weighted by atomic mass is 10.0. The third-order valence-corrected chi connectivity index (χ3v) is 6.49. The van der Waals surface area contributed by atoms with Crippen molar-refractivity contribution in [3.05, 3.63) is 22.8 Å². The van der Waals surface area contributed by atoms with Gasteiger partial charge in [-0.2, -0.15) is 0 Å². The van der Waals surface area contributed by atoms with E-state index in [0.717, 1.165) is 19.4 Å². The molecule has 2 saturated heterocycles. The Hall–Kier alpha value is -1.45. The van der Waals surface area contributed by atoms with Crippen LogP contribution in [0.25, 0.3) is 0 Å². The molecule has 0 radical (unpaired) electrons. The van der Waals surface area contributed by atoms with Gasteiger partial charge in [-0.25, -0.2) is 4.79 Å². The number of hydrogen-bond acceptors (Lipinski definition) is 6. The molecule has 3 aliphatic heterocycles. The first-order valence-electron chi connectivity index (χ1n) is 7.21. The molecule has 124 valence electrons. The summed E-state index contributed by atoms with van der Waals surface area (Å²) in [5.74, 6) is -0.921. The molecule has 0 aromatic carbocycles. The van der Waals surface area contributed by atoms with Crippen molar-refractivity contribution in [1.82, 2.24) is 9.80 Å². The van der Waals surface area contributed by atoms with Crippen LogP contribution in [0.15, 0.2) is 22.8 Å². The molecule has 3 atom stereocenters. The van der Waals surface area contributed by atoms with Gasteiger partial charge in [0.2, 0.25) is 12.3 Å². The maximum Gasteiger partial charge on any atom is 0.352 e. The lowest BCUT2D eigenvalue weighted by molar-refractivity contribution is -0.147. The summed E-state index contributed by atoms with van der Waals surface area (Å²) in [6.07, 6.45) is 3.54. The molecular weight excluding hydrogens is 338 g/mol. The Morgan fingerprint density at radius 1 is 1.48 bits per heavy atom. The van der Waals surface area contributed by atoms with Crippen molar-refractivity contribution in [3.8, 4) is 0 Å². The van der Waals surface area contributed by atoms with Crippen molar-refractivity contribution in [2.75, 3.05) is 18.8 Å². The van der Waals surface area contributed by atoms with Crippen LogP contribution in [-0.4, -0.2) is 68.7 Å². The van der Waals surface area contributed by atoms with Gasteiger partial charge in [-0.05, 0) is 23.5 Å². The number of aliphatic carboxylic acids is 1. The van der Waals surface area contributed by atoms with Crippen LogP contribution in [0.3, 0.4) is 0 Å². The Balaban J connectivity index is 1.70. The fraction of sp³-hybridized carbons (Fsp3) is 0.500. The van der Waals surface area contributed by atoms with Gasteiger partial charge < -0.3 is 15.7 Å². The number of allylic oxidation sites excluding steroid dienone is 1. The highest BCUT2D eigenvalue weighted by Crippen LogP contribution is 2.40. The normalized spacial score (nSPS) is 30.7. The van der Waals surface area contributed by atoms with E-state index in [9.17, 15) is 19.5 Å². The minimum Gasteiger partial charge on any atom is -0.477 e. The Labute approximate surface area is 141 Å². The van der Waals surface area contributed by atoms with E-state index < -0.39 is 12.0 Å². The van der Waals surface area contributed by atoms with Gasteiger partial charge >= 0.3 is 5.97 Å². The monoisotopic (exact) mass is 355 g/mol. The average Bonchev–Trinajstić information content (AvgIpc) is 3.01. The molecule has 0 saturated carbocycles. The summed E-state index contributed by atoms with van der Waals surface area (Å²) in [5.41, 5.74) is 6.37. The van der Waals surface area contributed by atoms with E-state index in [1.165, 1.54) is 16.7 Å². The summed E-state index contributed by atoms with van der Waals surface area (Å²) in [7, 11) is 0. The molecule has 0 aliphatic carbocycles. The minimum absolute atomic E-state index is 0.0400. The molecule has 0 spiro atoms. The molecule has 0 aromatic heterocycles. The number of fused-ring (bicyclic) bond motifs is 1. The van der Waals surface area contributed by atoms with Crippen molar-refractivity contribution in [2.24, 2.45) is 5.73 Å². The molecule has 3 heterocycles. The van der Waals surface area contributed by atoms with Gasteiger partial charge in [0.05, 0.1) is 0 Å². The van der Waals surface area contributed by atoms with E-state index >= 15 is 0 Å². The van der Waals surface area contributed by atoms with Crippen LogP contribution < -0.4 is 5.73 Å². The zero-order valence-corrected chi connectivity index (χ0v) is 13.9. The largest absolute Gasteiger partial charge is 0.477 e. The number of rotatable bonds is 5. The zero-order valence-electron chi connectivity index (χ0n) is 12.3. The topological polar surface area (TPSA) is 104 Å². The van der Waals surface area contributed by atoms with Crippen molar-refractivity contribution < 1.29 is 19.5 Å². The fourth-order valence-corrected chi connectivity index (χ4v) is 5.11. The number of hydrogen-bond donors (Lipinski definition) is 2. The summed E-state index contributed by atoms with van der Waals surface area (Å²) < 4.78 is 0. The molecular formula is C14H17N3O4S2. The van der Waals surface area contributed by atoms with Gasteiger partial charge in [0.15, 0.2) is 0 Å². The van der Waals surface area contributed by atoms with Crippen LogP contribution in [0.5, 0.6) is 0 Å². The fourth-order valence-electron chi connectivity index (χ4n) is 2.86. The molecule has 7 nitrogen and oxygen atoms in total. The Bertz CT molecular complexity index is 607. The van der Waals surface area contributed by atoms with E-state index in [-0.39, 0.29) is 17.0 Å². The molecule has 0 aromatic rings. The van der Waals surface area contributed by atoms with Crippen LogP contribution in [0, 0.1) is 0 Å². The maximum atomic E-state index is 11.8. The smallest absolute Gasteiger partial charge is 0.352 e.